The fraction of sp³-hybridized carbons (Fsp3) is 0.364. The molecule has 9 heteroatoms. The zero-order valence-corrected chi connectivity index (χ0v) is 18.2. The quantitative estimate of drug-likeness (QED) is 0.400. The average molecular weight is 439 g/mol. The van der Waals surface area contributed by atoms with Crippen molar-refractivity contribution in [2.75, 3.05) is 23.7 Å². The Bertz CT molecular complexity index is 1080. The van der Waals surface area contributed by atoms with Gasteiger partial charge in [-0.05, 0) is 31.0 Å². The van der Waals surface area contributed by atoms with Crippen LogP contribution in [-0.4, -0.2) is 40.9 Å². The van der Waals surface area contributed by atoms with Crippen molar-refractivity contribution >= 4 is 50.6 Å². The highest BCUT2D eigenvalue weighted by Crippen LogP contribution is 2.28. The molecule has 0 saturated heterocycles. The summed E-state index contributed by atoms with van der Waals surface area (Å²) in [7, 11) is 0. The number of thiazole rings is 1. The summed E-state index contributed by atoms with van der Waals surface area (Å²) in [5, 5.41) is 12.4. The van der Waals surface area contributed by atoms with Gasteiger partial charge in [0.25, 0.3) is 5.91 Å². The number of hydrogen-bond donors (Lipinski definition) is 4. The minimum atomic E-state index is -0.212. The van der Waals surface area contributed by atoms with Gasteiger partial charge in [-0.25, -0.2) is 9.97 Å². The predicted molar refractivity (Wildman–Crippen MR) is 124 cm³/mol. The molecule has 4 N–H and O–H groups in total. The number of carbonyl (C=O) groups is 2. The topological polar surface area (TPSA) is 108 Å². The van der Waals surface area contributed by atoms with Gasteiger partial charge in [-0.1, -0.05) is 12.8 Å². The van der Waals surface area contributed by atoms with Crippen molar-refractivity contribution in [3.8, 4) is 0 Å². The summed E-state index contributed by atoms with van der Waals surface area (Å²) in [6.45, 7) is 2.20. The fourth-order valence-electron chi connectivity index (χ4n) is 3.70. The third-order valence-electron chi connectivity index (χ3n) is 5.25. The summed E-state index contributed by atoms with van der Waals surface area (Å²) < 4.78 is 1.10. The number of benzene rings is 1. The van der Waals surface area contributed by atoms with Crippen LogP contribution in [0.1, 0.15) is 43.0 Å². The van der Waals surface area contributed by atoms with Crippen molar-refractivity contribution in [2.24, 2.45) is 0 Å². The molecule has 3 aromatic rings. The Hall–Kier alpha value is -3.20. The van der Waals surface area contributed by atoms with Crippen molar-refractivity contribution < 1.29 is 9.59 Å². The molecule has 0 unspecified atom stereocenters. The maximum absolute atomic E-state index is 12.7. The second-order valence-corrected chi connectivity index (χ2v) is 8.53. The Morgan fingerprint density at radius 1 is 1.10 bits per heavy atom. The van der Waals surface area contributed by atoms with Gasteiger partial charge in [-0.2, -0.15) is 0 Å². The van der Waals surface area contributed by atoms with Crippen LogP contribution < -0.4 is 21.3 Å². The summed E-state index contributed by atoms with van der Waals surface area (Å²) in [6.07, 6.45) is 6.17. The van der Waals surface area contributed by atoms with Gasteiger partial charge in [-0.15, -0.1) is 11.3 Å². The monoisotopic (exact) mass is 438 g/mol. The van der Waals surface area contributed by atoms with E-state index in [1.165, 1.54) is 19.8 Å². The van der Waals surface area contributed by atoms with Crippen molar-refractivity contribution in [1.82, 2.24) is 20.6 Å². The van der Waals surface area contributed by atoms with Crippen molar-refractivity contribution in [1.29, 1.82) is 0 Å². The number of hydrogen-bond acceptors (Lipinski definition) is 7. The van der Waals surface area contributed by atoms with Crippen LogP contribution in [0.3, 0.4) is 0 Å². The van der Waals surface area contributed by atoms with E-state index in [2.05, 4.69) is 31.2 Å². The summed E-state index contributed by atoms with van der Waals surface area (Å²) in [4.78, 5) is 32.5. The van der Waals surface area contributed by atoms with Gasteiger partial charge in [-0.3, -0.25) is 9.59 Å². The number of nitrogens with zero attached hydrogens (tertiary/aromatic N) is 2. The van der Waals surface area contributed by atoms with E-state index >= 15 is 0 Å². The highest BCUT2D eigenvalue weighted by Gasteiger charge is 2.19. The maximum Gasteiger partial charge on any atom is 0.255 e. The molecule has 1 fully saturated rings. The van der Waals surface area contributed by atoms with E-state index < -0.39 is 0 Å². The lowest BCUT2D eigenvalue weighted by Crippen LogP contribution is -2.34. The SMILES string of the molecule is CC(=O)NCCNC(=O)c1cnc(Nc2ccc3ncsc3c2)cc1NC1CCCC1. The normalized spacial score (nSPS) is 13.8. The van der Waals surface area contributed by atoms with Crippen molar-refractivity contribution in [3.63, 3.8) is 0 Å². The molecule has 1 aliphatic carbocycles. The summed E-state index contributed by atoms with van der Waals surface area (Å²) in [5.41, 5.74) is 4.98. The van der Waals surface area contributed by atoms with Gasteiger partial charge in [0.2, 0.25) is 5.91 Å². The van der Waals surface area contributed by atoms with Crippen LogP contribution in [0, 0.1) is 0 Å². The largest absolute Gasteiger partial charge is 0.382 e. The molecule has 2 heterocycles. The molecular formula is C22H26N6O2S. The second kappa shape index (κ2) is 9.74. The lowest BCUT2D eigenvalue weighted by atomic mass is 10.1. The van der Waals surface area contributed by atoms with Crippen LogP contribution in [0.2, 0.25) is 0 Å². The minimum absolute atomic E-state index is 0.119. The van der Waals surface area contributed by atoms with E-state index in [4.69, 9.17) is 0 Å². The molecule has 0 bridgehead atoms. The third-order valence-corrected chi connectivity index (χ3v) is 6.04. The fourth-order valence-corrected chi connectivity index (χ4v) is 4.42. The van der Waals surface area contributed by atoms with Crippen molar-refractivity contribution in [2.45, 2.75) is 38.6 Å². The first-order valence-corrected chi connectivity index (χ1v) is 11.4. The Morgan fingerprint density at radius 2 is 1.90 bits per heavy atom. The highest BCUT2D eigenvalue weighted by atomic mass is 32.1. The van der Waals surface area contributed by atoms with E-state index in [0.717, 1.165) is 34.4 Å². The standard InChI is InChI=1S/C22H26N6O2S/c1-14(29)23-8-9-24-22(30)17-12-25-21(11-19(17)27-15-4-2-3-5-15)28-16-6-7-18-20(10-16)31-13-26-18/h6-7,10-13,15H,2-5,8-9H2,1H3,(H,23,29)(H,24,30)(H2,25,27,28). The van der Waals surface area contributed by atoms with Gasteiger partial charge in [0, 0.05) is 44.0 Å². The maximum atomic E-state index is 12.7. The highest BCUT2D eigenvalue weighted by molar-refractivity contribution is 7.16. The van der Waals surface area contributed by atoms with Crippen LogP contribution in [-0.2, 0) is 4.79 Å². The predicted octanol–water partition coefficient (Wildman–Crippen LogP) is 3.66. The molecule has 0 radical (unpaired) electrons. The van der Waals surface area contributed by atoms with Crippen LogP contribution in [0.4, 0.5) is 17.2 Å². The first-order chi connectivity index (χ1) is 15.1. The van der Waals surface area contributed by atoms with E-state index in [0.29, 0.717) is 30.5 Å². The molecule has 4 rings (SSSR count). The Balaban J connectivity index is 1.51. The molecule has 2 aromatic heterocycles. The third kappa shape index (κ3) is 5.49. The van der Waals surface area contributed by atoms with Gasteiger partial charge in [0.1, 0.15) is 5.82 Å². The molecule has 1 saturated carbocycles. The zero-order chi connectivity index (χ0) is 21.6. The molecular weight excluding hydrogens is 412 g/mol. The average Bonchev–Trinajstić information content (AvgIpc) is 3.42. The number of fused-ring (bicyclic) bond motifs is 1. The van der Waals surface area contributed by atoms with Crippen LogP contribution in [0.15, 0.2) is 36.0 Å². The van der Waals surface area contributed by atoms with Gasteiger partial charge in [0.15, 0.2) is 0 Å². The number of amides is 2. The van der Waals surface area contributed by atoms with Crippen LogP contribution in [0.5, 0.6) is 0 Å². The van der Waals surface area contributed by atoms with E-state index in [1.807, 2.05) is 29.8 Å². The summed E-state index contributed by atoms with van der Waals surface area (Å²) >= 11 is 1.59. The Kier molecular flexibility index (Phi) is 6.61. The summed E-state index contributed by atoms with van der Waals surface area (Å²) in [6, 6.07) is 8.23. The smallest absolute Gasteiger partial charge is 0.255 e. The first-order valence-electron chi connectivity index (χ1n) is 10.5. The molecule has 2 amide bonds. The van der Waals surface area contributed by atoms with Crippen LogP contribution in [0.25, 0.3) is 10.2 Å². The van der Waals surface area contributed by atoms with E-state index in [9.17, 15) is 9.59 Å². The number of nitrogens with one attached hydrogen (secondary N) is 4. The number of anilines is 3. The molecule has 162 valence electrons. The summed E-state index contributed by atoms with van der Waals surface area (Å²) in [5.74, 6) is 0.335. The minimum Gasteiger partial charge on any atom is -0.382 e. The van der Waals surface area contributed by atoms with Crippen molar-refractivity contribution in [3.05, 3.63) is 41.5 Å². The lowest BCUT2D eigenvalue weighted by molar-refractivity contribution is -0.118. The molecule has 1 aliphatic rings. The van der Waals surface area contributed by atoms with E-state index in [1.54, 1.807) is 17.5 Å². The Morgan fingerprint density at radius 3 is 2.71 bits per heavy atom. The first kappa shape index (κ1) is 21.0. The van der Waals surface area contributed by atoms with Gasteiger partial charge < -0.3 is 21.3 Å². The van der Waals surface area contributed by atoms with Gasteiger partial charge in [0.05, 0.1) is 27.0 Å². The number of pyridine rings is 1. The molecule has 31 heavy (non-hydrogen) atoms. The number of aromatic nitrogens is 2. The molecule has 1 aromatic carbocycles. The van der Waals surface area contributed by atoms with Crippen LogP contribution >= 0.6 is 11.3 Å². The molecule has 0 atom stereocenters. The zero-order valence-electron chi connectivity index (χ0n) is 17.4. The number of rotatable bonds is 8. The number of carbonyl (C=O) groups excluding carboxylic acids is 2. The molecule has 0 aliphatic heterocycles. The van der Waals surface area contributed by atoms with E-state index in [-0.39, 0.29) is 11.8 Å². The lowest BCUT2D eigenvalue weighted by Gasteiger charge is -2.18. The Labute approximate surface area is 184 Å². The van der Waals surface area contributed by atoms with Gasteiger partial charge >= 0.3 is 0 Å². The second-order valence-electron chi connectivity index (χ2n) is 7.64. The molecule has 0 spiro atoms. The molecule has 8 nitrogen and oxygen atoms in total.